The molecule has 27 heavy (non-hydrogen) atoms. The third-order valence-electron chi connectivity index (χ3n) is 4.72. The fourth-order valence-electron chi connectivity index (χ4n) is 3.26. The number of benzene rings is 2. The fourth-order valence-corrected chi connectivity index (χ4v) is 3.26. The third kappa shape index (κ3) is 6.29. The molecule has 0 bridgehead atoms. The normalized spacial score (nSPS) is 15.9. The van der Waals surface area contributed by atoms with Crippen LogP contribution in [0.2, 0.25) is 0 Å². The van der Waals surface area contributed by atoms with E-state index in [2.05, 4.69) is 5.32 Å². The summed E-state index contributed by atoms with van der Waals surface area (Å²) in [6.07, 6.45) is 2.41. The fraction of sp³-hybridized carbons (Fsp3) is 0.333. The standard InChI is InChI=1S/C21H25N3O2.ClH/c22-18-9-6-17(7-10-18)14-20(25)23-19-12-13-24(15-19)21(26)11-8-16-4-2-1-3-5-16;/h1-7,9-10,19H,8,11-15,22H2,(H,23,25);1H. The van der Waals surface area contributed by atoms with E-state index < -0.39 is 0 Å². The molecule has 1 saturated heterocycles. The average molecular weight is 388 g/mol. The zero-order valence-corrected chi connectivity index (χ0v) is 16.1. The Morgan fingerprint density at radius 3 is 2.44 bits per heavy atom. The molecule has 1 aliphatic rings. The van der Waals surface area contributed by atoms with Crippen LogP contribution in [0.1, 0.15) is 24.0 Å². The molecule has 1 fully saturated rings. The zero-order chi connectivity index (χ0) is 18.4. The number of hydrogen-bond acceptors (Lipinski definition) is 3. The van der Waals surface area contributed by atoms with Crippen LogP contribution in [0, 0.1) is 0 Å². The number of likely N-dealkylation sites (tertiary alicyclic amines) is 1. The number of carbonyl (C=O) groups excluding carboxylic acids is 2. The molecule has 0 saturated carbocycles. The first-order chi connectivity index (χ1) is 12.6. The molecular weight excluding hydrogens is 362 g/mol. The molecule has 0 aliphatic carbocycles. The maximum Gasteiger partial charge on any atom is 0.224 e. The molecule has 2 aromatic carbocycles. The summed E-state index contributed by atoms with van der Waals surface area (Å²) in [7, 11) is 0. The Morgan fingerprint density at radius 2 is 1.74 bits per heavy atom. The van der Waals surface area contributed by atoms with E-state index in [1.807, 2.05) is 47.4 Å². The van der Waals surface area contributed by atoms with Gasteiger partial charge in [-0.2, -0.15) is 0 Å². The van der Waals surface area contributed by atoms with Gasteiger partial charge in [0, 0.05) is 31.2 Å². The smallest absolute Gasteiger partial charge is 0.224 e. The number of anilines is 1. The predicted molar refractivity (Wildman–Crippen MR) is 110 cm³/mol. The van der Waals surface area contributed by atoms with Gasteiger partial charge < -0.3 is 16.0 Å². The Balaban J connectivity index is 0.00000261. The Hall–Kier alpha value is -2.53. The van der Waals surface area contributed by atoms with E-state index in [0.29, 0.717) is 31.6 Å². The van der Waals surface area contributed by atoms with Gasteiger partial charge in [-0.1, -0.05) is 42.5 Å². The number of nitrogens with zero attached hydrogens (tertiary/aromatic N) is 1. The van der Waals surface area contributed by atoms with Crippen molar-refractivity contribution in [1.82, 2.24) is 10.2 Å². The van der Waals surface area contributed by atoms with Gasteiger partial charge in [0.2, 0.25) is 11.8 Å². The lowest BCUT2D eigenvalue weighted by molar-refractivity contribution is -0.130. The lowest BCUT2D eigenvalue weighted by Gasteiger charge is -2.17. The van der Waals surface area contributed by atoms with Crippen LogP contribution in [0.25, 0.3) is 0 Å². The number of nitrogen functional groups attached to an aromatic ring is 1. The van der Waals surface area contributed by atoms with Gasteiger partial charge in [0.1, 0.15) is 0 Å². The summed E-state index contributed by atoms with van der Waals surface area (Å²) in [6.45, 7) is 1.31. The number of aryl methyl sites for hydroxylation is 1. The van der Waals surface area contributed by atoms with Crippen LogP contribution in [0.3, 0.4) is 0 Å². The predicted octanol–water partition coefficient (Wildman–Crippen LogP) is 2.58. The van der Waals surface area contributed by atoms with Gasteiger partial charge in [0.25, 0.3) is 0 Å². The lowest BCUT2D eigenvalue weighted by atomic mass is 10.1. The Labute approximate surface area is 166 Å². The van der Waals surface area contributed by atoms with E-state index in [-0.39, 0.29) is 30.3 Å². The average Bonchev–Trinajstić information content (AvgIpc) is 3.11. The molecule has 5 nitrogen and oxygen atoms in total. The van der Waals surface area contributed by atoms with E-state index in [1.165, 1.54) is 5.56 Å². The maximum atomic E-state index is 12.4. The highest BCUT2D eigenvalue weighted by Gasteiger charge is 2.26. The van der Waals surface area contributed by atoms with Crippen molar-refractivity contribution in [2.75, 3.05) is 18.8 Å². The SMILES string of the molecule is Cl.Nc1ccc(CC(=O)NC2CCN(C(=O)CCc3ccccc3)C2)cc1. The molecule has 0 aromatic heterocycles. The quantitative estimate of drug-likeness (QED) is 0.748. The number of nitrogens with two attached hydrogens (primary N) is 1. The highest BCUT2D eigenvalue weighted by Crippen LogP contribution is 2.13. The summed E-state index contributed by atoms with van der Waals surface area (Å²) in [5, 5.41) is 3.04. The Bertz CT molecular complexity index is 750. The molecule has 6 heteroatoms. The minimum Gasteiger partial charge on any atom is -0.399 e. The summed E-state index contributed by atoms with van der Waals surface area (Å²) in [5.74, 6) is 0.141. The van der Waals surface area contributed by atoms with Crippen molar-refractivity contribution in [2.24, 2.45) is 0 Å². The summed E-state index contributed by atoms with van der Waals surface area (Å²) in [5.41, 5.74) is 8.46. The highest BCUT2D eigenvalue weighted by molar-refractivity contribution is 5.85. The molecule has 1 aliphatic heterocycles. The van der Waals surface area contributed by atoms with Crippen molar-refractivity contribution in [2.45, 2.75) is 31.7 Å². The molecule has 3 N–H and O–H groups in total. The summed E-state index contributed by atoms with van der Waals surface area (Å²) >= 11 is 0. The molecule has 2 amide bonds. The first-order valence-electron chi connectivity index (χ1n) is 9.05. The van der Waals surface area contributed by atoms with Crippen LogP contribution < -0.4 is 11.1 Å². The first-order valence-corrected chi connectivity index (χ1v) is 9.05. The van der Waals surface area contributed by atoms with Crippen LogP contribution in [-0.4, -0.2) is 35.8 Å². The van der Waals surface area contributed by atoms with Gasteiger partial charge in [-0.15, -0.1) is 12.4 Å². The number of hydrogen-bond donors (Lipinski definition) is 2. The van der Waals surface area contributed by atoms with Crippen LogP contribution in [0.5, 0.6) is 0 Å². The first kappa shape index (κ1) is 20.8. The van der Waals surface area contributed by atoms with Crippen molar-refractivity contribution in [3.05, 3.63) is 65.7 Å². The molecule has 2 aromatic rings. The maximum absolute atomic E-state index is 12.4. The van der Waals surface area contributed by atoms with Gasteiger partial charge in [-0.25, -0.2) is 0 Å². The second-order valence-electron chi connectivity index (χ2n) is 6.80. The van der Waals surface area contributed by atoms with Crippen molar-refractivity contribution in [3.8, 4) is 0 Å². The number of amides is 2. The highest BCUT2D eigenvalue weighted by atomic mass is 35.5. The van der Waals surface area contributed by atoms with Crippen LogP contribution in [0.15, 0.2) is 54.6 Å². The summed E-state index contributed by atoms with van der Waals surface area (Å²) in [4.78, 5) is 26.4. The van der Waals surface area contributed by atoms with Crippen molar-refractivity contribution >= 4 is 29.9 Å². The molecule has 3 rings (SSSR count). The minimum atomic E-state index is -0.0154. The van der Waals surface area contributed by atoms with E-state index in [1.54, 1.807) is 12.1 Å². The second-order valence-corrected chi connectivity index (χ2v) is 6.80. The van der Waals surface area contributed by atoms with Crippen molar-refractivity contribution in [3.63, 3.8) is 0 Å². The van der Waals surface area contributed by atoms with Gasteiger partial charge in [-0.05, 0) is 36.1 Å². The van der Waals surface area contributed by atoms with E-state index >= 15 is 0 Å². The van der Waals surface area contributed by atoms with E-state index in [9.17, 15) is 9.59 Å². The number of halogens is 1. The molecule has 0 radical (unpaired) electrons. The van der Waals surface area contributed by atoms with Gasteiger partial charge in [-0.3, -0.25) is 9.59 Å². The molecule has 144 valence electrons. The van der Waals surface area contributed by atoms with E-state index in [4.69, 9.17) is 5.73 Å². The van der Waals surface area contributed by atoms with Gasteiger partial charge in [0.05, 0.1) is 6.42 Å². The van der Waals surface area contributed by atoms with Crippen LogP contribution in [-0.2, 0) is 22.4 Å². The molecular formula is C21H26ClN3O2. The summed E-state index contributed by atoms with van der Waals surface area (Å²) in [6, 6.07) is 17.4. The monoisotopic (exact) mass is 387 g/mol. The third-order valence-corrected chi connectivity index (χ3v) is 4.72. The number of rotatable bonds is 6. The topological polar surface area (TPSA) is 75.4 Å². The molecule has 1 unspecified atom stereocenters. The van der Waals surface area contributed by atoms with Crippen LogP contribution >= 0.6 is 12.4 Å². The Morgan fingerprint density at radius 1 is 1.04 bits per heavy atom. The summed E-state index contributed by atoms with van der Waals surface area (Å²) < 4.78 is 0. The van der Waals surface area contributed by atoms with Crippen LogP contribution in [0.4, 0.5) is 5.69 Å². The number of nitrogens with one attached hydrogen (secondary N) is 1. The van der Waals surface area contributed by atoms with Gasteiger partial charge >= 0.3 is 0 Å². The largest absolute Gasteiger partial charge is 0.399 e. The zero-order valence-electron chi connectivity index (χ0n) is 15.3. The molecule has 1 atom stereocenters. The minimum absolute atomic E-state index is 0. The Kier molecular flexibility index (Phi) is 7.67. The number of carbonyl (C=O) groups is 2. The molecule has 1 heterocycles. The lowest BCUT2D eigenvalue weighted by Crippen LogP contribution is -2.39. The second kappa shape index (κ2) is 9.97. The van der Waals surface area contributed by atoms with Crippen molar-refractivity contribution in [1.29, 1.82) is 0 Å². The molecule has 0 spiro atoms. The van der Waals surface area contributed by atoms with Gasteiger partial charge in [0.15, 0.2) is 0 Å². The van der Waals surface area contributed by atoms with E-state index in [0.717, 1.165) is 18.4 Å². The van der Waals surface area contributed by atoms with Crippen molar-refractivity contribution < 1.29 is 9.59 Å².